The number of benzene rings is 2. The van der Waals surface area contributed by atoms with Gasteiger partial charge in [-0.15, -0.1) is 0 Å². The standard InChI is InChI=1S/C19H20BrNO4/c1-24-17-11-16(20)15(12-22)10-18(17)25-13-19(23)21-9-5-8-14-6-3-2-4-7-14/h2-4,6-7,10-12H,5,8-9,13H2,1H3,(H,21,23). The largest absolute Gasteiger partial charge is 0.493 e. The molecule has 0 saturated carbocycles. The first-order valence-corrected chi connectivity index (χ1v) is 8.69. The monoisotopic (exact) mass is 405 g/mol. The Labute approximate surface area is 155 Å². The lowest BCUT2D eigenvalue weighted by Gasteiger charge is -2.12. The van der Waals surface area contributed by atoms with Crippen LogP contribution in [0.2, 0.25) is 0 Å². The topological polar surface area (TPSA) is 64.6 Å². The van der Waals surface area contributed by atoms with Crippen LogP contribution in [0.5, 0.6) is 11.5 Å². The van der Waals surface area contributed by atoms with Crippen LogP contribution in [0.3, 0.4) is 0 Å². The van der Waals surface area contributed by atoms with E-state index in [2.05, 4.69) is 33.4 Å². The second-order valence-electron chi connectivity index (χ2n) is 5.37. The van der Waals surface area contributed by atoms with E-state index in [9.17, 15) is 9.59 Å². The molecule has 0 heterocycles. The average molecular weight is 406 g/mol. The molecule has 2 aromatic rings. The number of rotatable bonds is 9. The van der Waals surface area contributed by atoms with Crippen molar-refractivity contribution in [3.05, 3.63) is 58.1 Å². The van der Waals surface area contributed by atoms with Crippen LogP contribution in [0.15, 0.2) is 46.9 Å². The van der Waals surface area contributed by atoms with Crippen molar-refractivity contribution in [2.45, 2.75) is 12.8 Å². The average Bonchev–Trinajstić information content (AvgIpc) is 2.64. The Kier molecular flexibility index (Phi) is 7.47. The maximum absolute atomic E-state index is 11.9. The molecule has 0 fully saturated rings. The second-order valence-corrected chi connectivity index (χ2v) is 6.22. The van der Waals surface area contributed by atoms with Crippen molar-refractivity contribution >= 4 is 28.1 Å². The minimum atomic E-state index is -0.217. The number of hydrogen-bond donors (Lipinski definition) is 1. The van der Waals surface area contributed by atoms with Gasteiger partial charge in [0.05, 0.1) is 7.11 Å². The minimum absolute atomic E-state index is 0.137. The highest BCUT2D eigenvalue weighted by atomic mass is 79.9. The van der Waals surface area contributed by atoms with Crippen LogP contribution < -0.4 is 14.8 Å². The van der Waals surface area contributed by atoms with E-state index < -0.39 is 0 Å². The Morgan fingerprint density at radius 3 is 2.64 bits per heavy atom. The molecule has 1 amide bonds. The number of aldehydes is 1. The highest BCUT2D eigenvalue weighted by Gasteiger charge is 2.11. The van der Waals surface area contributed by atoms with Gasteiger partial charge in [0.25, 0.3) is 5.91 Å². The third-order valence-corrected chi connectivity index (χ3v) is 4.26. The Morgan fingerprint density at radius 2 is 1.96 bits per heavy atom. The van der Waals surface area contributed by atoms with Gasteiger partial charge in [0.15, 0.2) is 24.4 Å². The van der Waals surface area contributed by atoms with Gasteiger partial charge >= 0.3 is 0 Å². The summed E-state index contributed by atoms with van der Waals surface area (Å²) in [4.78, 5) is 22.9. The number of ether oxygens (including phenoxy) is 2. The Hall–Kier alpha value is -2.34. The molecular formula is C19H20BrNO4. The molecule has 0 aliphatic heterocycles. The fraction of sp³-hybridized carbons (Fsp3) is 0.263. The number of aryl methyl sites for hydroxylation is 1. The van der Waals surface area contributed by atoms with Gasteiger partial charge in [0.2, 0.25) is 0 Å². The van der Waals surface area contributed by atoms with Gasteiger partial charge in [-0.3, -0.25) is 9.59 Å². The number of methoxy groups -OCH3 is 1. The summed E-state index contributed by atoms with van der Waals surface area (Å²) in [6.07, 6.45) is 2.47. The summed E-state index contributed by atoms with van der Waals surface area (Å²) in [5.74, 6) is 0.590. The number of hydrogen-bond acceptors (Lipinski definition) is 4. The number of carbonyl (C=O) groups excluding carboxylic acids is 2. The van der Waals surface area contributed by atoms with E-state index in [0.717, 1.165) is 12.8 Å². The van der Waals surface area contributed by atoms with Gasteiger partial charge in [-0.25, -0.2) is 0 Å². The molecule has 132 valence electrons. The third-order valence-electron chi connectivity index (χ3n) is 3.58. The number of carbonyl (C=O) groups is 2. The smallest absolute Gasteiger partial charge is 0.257 e. The van der Waals surface area contributed by atoms with Crippen LogP contribution >= 0.6 is 15.9 Å². The summed E-state index contributed by atoms with van der Waals surface area (Å²) in [6.45, 7) is 0.440. The van der Waals surface area contributed by atoms with E-state index in [-0.39, 0.29) is 12.5 Å². The zero-order valence-electron chi connectivity index (χ0n) is 14.0. The molecule has 25 heavy (non-hydrogen) atoms. The fourth-order valence-electron chi connectivity index (χ4n) is 2.27. The van der Waals surface area contributed by atoms with E-state index in [1.165, 1.54) is 12.7 Å². The highest BCUT2D eigenvalue weighted by Crippen LogP contribution is 2.32. The molecule has 0 saturated heterocycles. The van der Waals surface area contributed by atoms with Crippen molar-refractivity contribution in [2.24, 2.45) is 0 Å². The summed E-state index contributed by atoms with van der Waals surface area (Å²) in [5.41, 5.74) is 1.67. The number of nitrogens with one attached hydrogen (secondary N) is 1. The number of amides is 1. The molecule has 2 rings (SSSR count). The summed E-state index contributed by atoms with van der Waals surface area (Å²) in [5, 5.41) is 2.82. The van der Waals surface area contributed by atoms with Crippen molar-refractivity contribution in [2.75, 3.05) is 20.3 Å². The molecule has 0 atom stereocenters. The van der Waals surface area contributed by atoms with Crippen molar-refractivity contribution in [3.8, 4) is 11.5 Å². The molecule has 0 spiro atoms. The molecule has 0 aliphatic carbocycles. The van der Waals surface area contributed by atoms with Gasteiger partial charge in [-0.2, -0.15) is 0 Å². The Bertz CT molecular complexity index is 719. The van der Waals surface area contributed by atoms with E-state index in [1.54, 1.807) is 12.1 Å². The molecule has 0 aliphatic rings. The van der Waals surface area contributed by atoms with Crippen LogP contribution in [0.4, 0.5) is 0 Å². The lowest BCUT2D eigenvalue weighted by atomic mass is 10.1. The van der Waals surface area contributed by atoms with Gasteiger partial charge in [-0.05, 0) is 46.5 Å². The summed E-state index contributed by atoms with van der Waals surface area (Å²) in [7, 11) is 1.50. The zero-order valence-corrected chi connectivity index (χ0v) is 15.5. The van der Waals surface area contributed by atoms with Crippen LogP contribution in [-0.2, 0) is 11.2 Å². The normalized spacial score (nSPS) is 10.2. The van der Waals surface area contributed by atoms with Crippen LogP contribution in [0.1, 0.15) is 22.3 Å². The number of halogens is 1. The van der Waals surface area contributed by atoms with E-state index >= 15 is 0 Å². The predicted molar refractivity (Wildman–Crippen MR) is 99.3 cm³/mol. The van der Waals surface area contributed by atoms with E-state index in [0.29, 0.717) is 34.4 Å². The predicted octanol–water partition coefficient (Wildman–Crippen LogP) is 3.40. The fourth-order valence-corrected chi connectivity index (χ4v) is 2.69. The van der Waals surface area contributed by atoms with Gasteiger partial charge in [0, 0.05) is 16.6 Å². The van der Waals surface area contributed by atoms with Crippen molar-refractivity contribution < 1.29 is 19.1 Å². The van der Waals surface area contributed by atoms with Crippen LogP contribution in [-0.4, -0.2) is 32.5 Å². The lowest BCUT2D eigenvalue weighted by molar-refractivity contribution is -0.123. The van der Waals surface area contributed by atoms with Crippen LogP contribution in [0, 0.1) is 0 Å². The van der Waals surface area contributed by atoms with Crippen LogP contribution in [0.25, 0.3) is 0 Å². The third kappa shape index (κ3) is 5.90. The molecule has 6 heteroatoms. The van der Waals surface area contributed by atoms with Gasteiger partial charge in [0.1, 0.15) is 0 Å². The Balaban J connectivity index is 1.78. The molecule has 5 nitrogen and oxygen atoms in total. The van der Waals surface area contributed by atoms with E-state index in [1.807, 2.05) is 18.2 Å². The molecule has 0 aromatic heterocycles. The highest BCUT2D eigenvalue weighted by molar-refractivity contribution is 9.10. The first kappa shape index (κ1) is 19.0. The molecule has 0 bridgehead atoms. The SMILES string of the molecule is COc1cc(Br)c(C=O)cc1OCC(=O)NCCCc1ccccc1. The summed E-state index contributed by atoms with van der Waals surface area (Å²) in [6, 6.07) is 13.3. The van der Waals surface area contributed by atoms with Crippen molar-refractivity contribution in [1.29, 1.82) is 0 Å². The maximum Gasteiger partial charge on any atom is 0.257 e. The lowest BCUT2D eigenvalue weighted by Crippen LogP contribution is -2.30. The summed E-state index contributed by atoms with van der Waals surface area (Å²) < 4.78 is 11.3. The van der Waals surface area contributed by atoms with Crippen molar-refractivity contribution in [3.63, 3.8) is 0 Å². The maximum atomic E-state index is 11.9. The van der Waals surface area contributed by atoms with Crippen molar-refractivity contribution in [1.82, 2.24) is 5.32 Å². The second kappa shape index (κ2) is 9.84. The Morgan fingerprint density at radius 1 is 1.20 bits per heavy atom. The first-order chi connectivity index (χ1) is 12.1. The molecular weight excluding hydrogens is 386 g/mol. The van der Waals surface area contributed by atoms with Gasteiger partial charge in [-0.1, -0.05) is 30.3 Å². The molecule has 1 N–H and O–H groups in total. The minimum Gasteiger partial charge on any atom is -0.493 e. The molecule has 0 radical (unpaired) electrons. The molecule has 2 aromatic carbocycles. The quantitative estimate of drug-likeness (QED) is 0.512. The summed E-state index contributed by atoms with van der Waals surface area (Å²) >= 11 is 3.28. The zero-order chi connectivity index (χ0) is 18.1. The van der Waals surface area contributed by atoms with E-state index in [4.69, 9.17) is 9.47 Å². The molecule has 0 unspecified atom stereocenters. The van der Waals surface area contributed by atoms with Gasteiger partial charge < -0.3 is 14.8 Å². The first-order valence-electron chi connectivity index (χ1n) is 7.90.